The molecule has 1 atom stereocenters. The number of Topliss-reactive ketones (excluding diaryl/α,β-unsaturated/α-hetero) is 1. The van der Waals surface area contributed by atoms with Crippen LogP contribution >= 0.6 is 11.8 Å². The van der Waals surface area contributed by atoms with Crippen LogP contribution in [0.2, 0.25) is 0 Å². The van der Waals surface area contributed by atoms with Gasteiger partial charge in [0.25, 0.3) is 10.0 Å². The van der Waals surface area contributed by atoms with Crippen LogP contribution < -0.4 is 9.62 Å². The first-order valence-electron chi connectivity index (χ1n) is 10.1. The van der Waals surface area contributed by atoms with Crippen LogP contribution in [-0.4, -0.2) is 31.3 Å². The Morgan fingerprint density at radius 2 is 1.58 bits per heavy atom. The third kappa shape index (κ3) is 4.99. The first-order chi connectivity index (χ1) is 15.7. The van der Waals surface area contributed by atoms with Crippen molar-refractivity contribution >= 4 is 50.8 Å². The van der Waals surface area contributed by atoms with Crippen molar-refractivity contribution < 1.29 is 22.8 Å². The van der Waals surface area contributed by atoms with E-state index in [1.54, 1.807) is 66.7 Å². The van der Waals surface area contributed by atoms with Gasteiger partial charge in [-0.1, -0.05) is 18.2 Å². The van der Waals surface area contributed by atoms with Crippen molar-refractivity contribution in [3.63, 3.8) is 0 Å². The Hall–Kier alpha value is -3.43. The maximum atomic E-state index is 12.9. The highest BCUT2D eigenvalue weighted by molar-refractivity contribution is 8.00. The van der Waals surface area contributed by atoms with E-state index in [2.05, 4.69) is 4.72 Å². The highest BCUT2D eigenvalue weighted by Crippen LogP contribution is 2.34. The molecule has 168 valence electrons. The van der Waals surface area contributed by atoms with Crippen LogP contribution in [0.1, 0.15) is 23.7 Å². The average molecular weight is 481 g/mol. The largest absolute Gasteiger partial charge is 0.295 e. The Labute approximate surface area is 195 Å². The zero-order valence-electron chi connectivity index (χ0n) is 17.6. The second-order valence-corrected chi connectivity index (χ2v) is 10.4. The number of nitrogens with one attached hydrogen (secondary N) is 1. The molecular weight excluding hydrogens is 460 g/mol. The van der Waals surface area contributed by atoms with E-state index in [-0.39, 0.29) is 28.9 Å². The zero-order valence-corrected chi connectivity index (χ0v) is 19.2. The molecule has 1 fully saturated rings. The predicted octanol–water partition coefficient (Wildman–Crippen LogP) is 4.11. The van der Waals surface area contributed by atoms with Gasteiger partial charge in [0.2, 0.25) is 11.8 Å². The highest BCUT2D eigenvalue weighted by Gasteiger charge is 2.40. The summed E-state index contributed by atoms with van der Waals surface area (Å²) in [4.78, 5) is 38.9. The summed E-state index contributed by atoms with van der Waals surface area (Å²) in [6.45, 7) is 1.45. The third-order valence-corrected chi connectivity index (χ3v) is 7.67. The Kier molecular flexibility index (Phi) is 6.35. The lowest BCUT2D eigenvalue weighted by atomic mass is 10.1. The molecule has 1 heterocycles. The average Bonchev–Trinajstić information content (AvgIpc) is 3.08. The molecule has 33 heavy (non-hydrogen) atoms. The fourth-order valence-electron chi connectivity index (χ4n) is 3.39. The van der Waals surface area contributed by atoms with Gasteiger partial charge in [0.1, 0.15) is 0 Å². The minimum absolute atomic E-state index is 0.0559. The van der Waals surface area contributed by atoms with Gasteiger partial charge in [-0.05, 0) is 67.6 Å². The van der Waals surface area contributed by atoms with Crippen molar-refractivity contribution in [2.45, 2.75) is 28.4 Å². The van der Waals surface area contributed by atoms with Crippen molar-refractivity contribution in [2.24, 2.45) is 0 Å². The van der Waals surface area contributed by atoms with Crippen molar-refractivity contribution in [3.05, 3.63) is 84.4 Å². The fourth-order valence-corrected chi connectivity index (χ4v) is 5.53. The lowest BCUT2D eigenvalue weighted by Crippen LogP contribution is -2.31. The van der Waals surface area contributed by atoms with E-state index in [1.807, 2.05) is 0 Å². The van der Waals surface area contributed by atoms with E-state index in [0.29, 0.717) is 16.9 Å². The summed E-state index contributed by atoms with van der Waals surface area (Å²) in [6, 6.07) is 21.0. The molecule has 7 nitrogen and oxygen atoms in total. The molecule has 0 radical (unpaired) electrons. The number of sulfonamides is 1. The number of nitrogens with zero attached hydrogens (tertiary/aromatic N) is 1. The summed E-state index contributed by atoms with van der Waals surface area (Å²) in [5.41, 5.74) is 1.33. The van der Waals surface area contributed by atoms with E-state index >= 15 is 0 Å². The maximum absolute atomic E-state index is 12.9. The highest BCUT2D eigenvalue weighted by atomic mass is 32.2. The van der Waals surface area contributed by atoms with Crippen LogP contribution in [0, 0.1) is 0 Å². The summed E-state index contributed by atoms with van der Waals surface area (Å²) in [5.74, 6) is -0.724. The minimum atomic E-state index is -3.69. The van der Waals surface area contributed by atoms with Gasteiger partial charge in [0, 0.05) is 22.6 Å². The van der Waals surface area contributed by atoms with Crippen LogP contribution in [0.5, 0.6) is 0 Å². The summed E-state index contributed by atoms with van der Waals surface area (Å²) < 4.78 is 27.4. The molecule has 9 heteroatoms. The van der Waals surface area contributed by atoms with E-state index in [0.717, 1.165) is 9.80 Å². The number of anilines is 2. The van der Waals surface area contributed by atoms with Crippen molar-refractivity contribution in [2.75, 3.05) is 9.62 Å². The SMILES string of the molecule is CC(=O)c1ccc(N2C(=O)CC(Sc3ccc(NS(=O)(=O)c4ccccc4)cc3)C2=O)cc1. The number of imide groups is 1. The maximum Gasteiger partial charge on any atom is 0.261 e. The lowest BCUT2D eigenvalue weighted by Gasteiger charge is -2.15. The molecule has 4 rings (SSSR count). The fraction of sp³-hybridized carbons (Fsp3) is 0.125. The van der Waals surface area contributed by atoms with E-state index in [1.165, 1.54) is 30.8 Å². The first kappa shape index (κ1) is 22.8. The van der Waals surface area contributed by atoms with Crippen LogP contribution in [-0.2, 0) is 19.6 Å². The first-order valence-corrected chi connectivity index (χ1v) is 12.4. The molecule has 1 unspecified atom stereocenters. The Bertz CT molecular complexity index is 1310. The molecule has 2 amide bonds. The second kappa shape index (κ2) is 9.21. The molecule has 0 aliphatic carbocycles. The van der Waals surface area contributed by atoms with Crippen LogP contribution in [0.25, 0.3) is 0 Å². The van der Waals surface area contributed by atoms with Crippen molar-refractivity contribution in [1.29, 1.82) is 0 Å². The molecule has 1 aliphatic heterocycles. The molecule has 3 aromatic carbocycles. The number of ketones is 1. The van der Waals surface area contributed by atoms with Gasteiger partial charge in [-0.25, -0.2) is 13.3 Å². The van der Waals surface area contributed by atoms with Crippen LogP contribution in [0.3, 0.4) is 0 Å². The standard InChI is InChI=1S/C24H20N2O5S2/c1-16(27)17-7-11-19(12-8-17)26-23(28)15-22(24(26)29)32-20-13-9-18(10-14-20)25-33(30,31)21-5-3-2-4-6-21/h2-14,22,25H,15H2,1H3. The number of carbonyl (C=O) groups is 3. The van der Waals surface area contributed by atoms with Gasteiger partial charge < -0.3 is 0 Å². The molecule has 0 bridgehead atoms. The smallest absolute Gasteiger partial charge is 0.261 e. The number of carbonyl (C=O) groups excluding carboxylic acids is 3. The van der Waals surface area contributed by atoms with Gasteiger partial charge in [-0.2, -0.15) is 0 Å². The molecule has 1 saturated heterocycles. The van der Waals surface area contributed by atoms with Crippen LogP contribution in [0.4, 0.5) is 11.4 Å². The van der Waals surface area contributed by atoms with Gasteiger partial charge in [0.15, 0.2) is 5.78 Å². The zero-order chi connectivity index (χ0) is 23.6. The van der Waals surface area contributed by atoms with E-state index in [9.17, 15) is 22.8 Å². The minimum Gasteiger partial charge on any atom is -0.295 e. The number of thioether (sulfide) groups is 1. The third-order valence-electron chi connectivity index (χ3n) is 5.08. The quantitative estimate of drug-likeness (QED) is 0.403. The number of amides is 2. The molecular formula is C24H20N2O5S2. The number of benzene rings is 3. The number of rotatable bonds is 7. The summed E-state index contributed by atoms with van der Waals surface area (Å²) in [7, 11) is -3.69. The second-order valence-electron chi connectivity index (χ2n) is 7.42. The normalized spacial score (nSPS) is 16.2. The number of hydrogen-bond donors (Lipinski definition) is 1. The summed E-state index contributed by atoms with van der Waals surface area (Å²) in [6.07, 6.45) is 0.0559. The molecule has 0 saturated carbocycles. The Morgan fingerprint density at radius 1 is 0.939 bits per heavy atom. The molecule has 0 spiro atoms. The van der Waals surface area contributed by atoms with E-state index in [4.69, 9.17) is 0 Å². The van der Waals surface area contributed by atoms with Gasteiger partial charge in [-0.3, -0.25) is 19.1 Å². The summed E-state index contributed by atoms with van der Waals surface area (Å²) >= 11 is 1.25. The predicted molar refractivity (Wildman–Crippen MR) is 127 cm³/mol. The van der Waals surface area contributed by atoms with Crippen molar-refractivity contribution in [1.82, 2.24) is 0 Å². The van der Waals surface area contributed by atoms with Gasteiger partial charge in [0.05, 0.1) is 15.8 Å². The lowest BCUT2D eigenvalue weighted by molar-refractivity contribution is -0.121. The van der Waals surface area contributed by atoms with Gasteiger partial charge in [-0.15, -0.1) is 11.8 Å². The van der Waals surface area contributed by atoms with Crippen molar-refractivity contribution in [3.8, 4) is 0 Å². The van der Waals surface area contributed by atoms with Gasteiger partial charge >= 0.3 is 0 Å². The molecule has 0 aromatic heterocycles. The van der Waals surface area contributed by atoms with Crippen LogP contribution in [0.15, 0.2) is 88.7 Å². The molecule has 3 aromatic rings. The van der Waals surface area contributed by atoms with E-state index < -0.39 is 15.3 Å². The Morgan fingerprint density at radius 3 is 2.18 bits per heavy atom. The molecule has 1 aliphatic rings. The number of hydrogen-bond acceptors (Lipinski definition) is 6. The monoisotopic (exact) mass is 480 g/mol. The molecule has 1 N–H and O–H groups in total. The summed E-state index contributed by atoms with van der Waals surface area (Å²) in [5, 5.41) is -0.586. The topological polar surface area (TPSA) is 101 Å². The Balaban J connectivity index is 1.43.